The molecule has 0 radical (unpaired) electrons. The van der Waals surface area contributed by atoms with Gasteiger partial charge in [0.1, 0.15) is 18.1 Å². The van der Waals surface area contributed by atoms with Crippen LogP contribution in [0.3, 0.4) is 0 Å². The third kappa shape index (κ3) is 4.67. The van der Waals surface area contributed by atoms with Crippen LogP contribution in [0.4, 0.5) is 13.2 Å². The molecule has 0 saturated carbocycles. The molecule has 0 amide bonds. The van der Waals surface area contributed by atoms with E-state index >= 15 is 0 Å². The zero-order valence-corrected chi connectivity index (χ0v) is 19.0. The molecule has 0 unspecified atom stereocenters. The zero-order valence-electron chi connectivity index (χ0n) is 18.0. The Kier molecular flexibility index (Phi) is 5.43. The van der Waals surface area contributed by atoms with Gasteiger partial charge in [-0.2, -0.15) is 18.3 Å². The van der Waals surface area contributed by atoms with Crippen molar-refractivity contribution in [3.63, 3.8) is 0 Å². The van der Waals surface area contributed by atoms with E-state index in [2.05, 4.69) is 29.7 Å². The maximum atomic E-state index is 13.1. The molecule has 9 heteroatoms. The summed E-state index contributed by atoms with van der Waals surface area (Å²) in [5.41, 5.74) is 1.89. The van der Waals surface area contributed by atoms with Gasteiger partial charge in [-0.1, -0.05) is 19.6 Å². The van der Waals surface area contributed by atoms with E-state index in [0.717, 1.165) is 34.3 Å². The molecule has 0 bridgehead atoms. The molecule has 3 heterocycles. The van der Waals surface area contributed by atoms with Crippen LogP contribution in [0.15, 0.2) is 42.7 Å². The average Bonchev–Trinajstić information content (AvgIpc) is 3.27. The number of fused-ring (bicyclic) bond motifs is 2. The second kappa shape index (κ2) is 7.80. The van der Waals surface area contributed by atoms with Gasteiger partial charge in [0.2, 0.25) is 0 Å². The van der Waals surface area contributed by atoms with Crippen molar-refractivity contribution in [3.8, 4) is 5.69 Å². The van der Waals surface area contributed by atoms with Gasteiger partial charge in [-0.05, 0) is 48.9 Å². The van der Waals surface area contributed by atoms with Gasteiger partial charge in [0.15, 0.2) is 0 Å². The molecule has 0 aliphatic carbocycles. The molecule has 1 aromatic carbocycles. The maximum Gasteiger partial charge on any atom is 0.433 e. The minimum Gasteiger partial charge on any atom is -0.360 e. The van der Waals surface area contributed by atoms with E-state index < -0.39 is 19.9 Å². The summed E-state index contributed by atoms with van der Waals surface area (Å²) in [4.78, 5) is 3.87. The molecule has 0 saturated heterocycles. The van der Waals surface area contributed by atoms with Gasteiger partial charge >= 0.3 is 6.18 Å². The number of aryl methyl sites for hydroxylation is 1. The molecule has 31 heavy (non-hydrogen) atoms. The van der Waals surface area contributed by atoms with E-state index in [4.69, 9.17) is 4.74 Å². The van der Waals surface area contributed by atoms with Crippen molar-refractivity contribution in [3.05, 3.63) is 54.0 Å². The summed E-state index contributed by atoms with van der Waals surface area (Å²) in [6.45, 7) is 9.94. The van der Waals surface area contributed by atoms with Crippen molar-refractivity contribution >= 4 is 30.0 Å². The van der Waals surface area contributed by atoms with Crippen LogP contribution in [-0.2, 0) is 17.6 Å². The SMILES string of the molecule is Cc1cc(-n2ccc3ccc(C(F)(F)F)nc32)cc2cn(COCC[Si](C)(C)C)nc12. The van der Waals surface area contributed by atoms with Gasteiger partial charge in [-0.3, -0.25) is 0 Å². The number of ether oxygens (including phenoxy) is 1. The first-order valence-electron chi connectivity index (χ1n) is 10.1. The standard InChI is InChI=1S/C22H25F3N4OSi/c1-15-11-18(29-8-7-16-5-6-19(22(23,24)25)26-21(16)29)12-17-13-28(27-20(15)17)14-30-9-10-31(2,3)4/h5-8,11-13H,9-10,14H2,1-4H3. The van der Waals surface area contributed by atoms with Gasteiger partial charge in [0, 0.05) is 43.5 Å². The van der Waals surface area contributed by atoms with Crippen molar-refractivity contribution < 1.29 is 17.9 Å². The highest BCUT2D eigenvalue weighted by Gasteiger charge is 2.32. The van der Waals surface area contributed by atoms with E-state index in [-0.39, 0.29) is 5.65 Å². The topological polar surface area (TPSA) is 44.9 Å². The number of rotatable bonds is 6. The Morgan fingerprint density at radius 1 is 1.06 bits per heavy atom. The van der Waals surface area contributed by atoms with Crippen LogP contribution in [0.25, 0.3) is 27.6 Å². The van der Waals surface area contributed by atoms with Gasteiger partial charge < -0.3 is 9.30 Å². The summed E-state index contributed by atoms with van der Waals surface area (Å²) in [5, 5.41) is 6.16. The fourth-order valence-electron chi connectivity index (χ4n) is 3.46. The summed E-state index contributed by atoms with van der Waals surface area (Å²) < 4.78 is 48.6. The van der Waals surface area contributed by atoms with Crippen LogP contribution < -0.4 is 0 Å². The Morgan fingerprint density at radius 3 is 2.55 bits per heavy atom. The first-order valence-corrected chi connectivity index (χ1v) is 13.8. The lowest BCUT2D eigenvalue weighted by Crippen LogP contribution is -2.22. The predicted molar refractivity (Wildman–Crippen MR) is 118 cm³/mol. The van der Waals surface area contributed by atoms with E-state index in [1.807, 2.05) is 25.3 Å². The highest BCUT2D eigenvalue weighted by Crippen LogP contribution is 2.31. The molecule has 0 atom stereocenters. The Hall–Kier alpha value is -2.65. The first-order chi connectivity index (χ1) is 14.5. The quantitative estimate of drug-likeness (QED) is 0.269. The molecule has 0 aliphatic heterocycles. The summed E-state index contributed by atoms with van der Waals surface area (Å²) in [6.07, 6.45) is -0.845. The largest absolute Gasteiger partial charge is 0.433 e. The summed E-state index contributed by atoms with van der Waals surface area (Å²) in [5.74, 6) is 0. The summed E-state index contributed by atoms with van der Waals surface area (Å²) in [6, 6.07) is 9.13. The number of benzene rings is 1. The first kappa shape index (κ1) is 21.6. The number of halogens is 3. The molecule has 0 aliphatic rings. The Balaban J connectivity index is 1.65. The van der Waals surface area contributed by atoms with Gasteiger partial charge in [-0.15, -0.1) is 0 Å². The van der Waals surface area contributed by atoms with Crippen LogP contribution >= 0.6 is 0 Å². The van der Waals surface area contributed by atoms with Crippen LogP contribution in [-0.4, -0.2) is 34.0 Å². The average molecular weight is 447 g/mol. The Bertz CT molecular complexity index is 1240. The third-order valence-corrected chi connectivity index (χ3v) is 6.86. The van der Waals surface area contributed by atoms with Crippen LogP contribution in [0.1, 0.15) is 11.3 Å². The molecule has 164 valence electrons. The van der Waals surface area contributed by atoms with Crippen LogP contribution in [0.5, 0.6) is 0 Å². The van der Waals surface area contributed by atoms with Crippen molar-refractivity contribution in [1.29, 1.82) is 0 Å². The summed E-state index contributed by atoms with van der Waals surface area (Å²) >= 11 is 0. The Morgan fingerprint density at radius 2 is 1.84 bits per heavy atom. The number of hydrogen-bond donors (Lipinski definition) is 0. The van der Waals surface area contributed by atoms with E-state index in [9.17, 15) is 13.2 Å². The molecule has 3 aromatic heterocycles. The molecule has 0 N–H and O–H groups in total. The lowest BCUT2D eigenvalue weighted by Gasteiger charge is -2.15. The number of aromatic nitrogens is 4. The van der Waals surface area contributed by atoms with Crippen molar-refractivity contribution in [1.82, 2.24) is 19.3 Å². The Labute approximate surface area is 179 Å². The fraction of sp³-hybridized carbons (Fsp3) is 0.364. The smallest absolute Gasteiger partial charge is 0.360 e. The van der Waals surface area contributed by atoms with Crippen LogP contribution in [0, 0.1) is 6.92 Å². The molecule has 4 aromatic rings. The molecular weight excluding hydrogens is 421 g/mol. The van der Waals surface area contributed by atoms with Gasteiger partial charge in [0.25, 0.3) is 0 Å². The maximum absolute atomic E-state index is 13.1. The van der Waals surface area contributed by atoms with Crippen molar-refractivity contribution in [2.24, 2.45) is 0 Å². The summed E-state index contributed by atoms with van der Waals surface area (Å²) in [7, 11) is -1.15. The van der Waals surface area contributed by atoms with Gasteiger partial charge in [0.05, 0.1) is 5.52 Å². The number of nitrogens with zero attached hydrogens (tertiary/aromatic N) is 4. The van der Waals surface area contributed by atoms with E-state index in [1.165, 1.54) is 6.07 Å². The highest BCUT2D eigenvalue weighted by atomic mass is 28.3. The zero-order chi connectivity index (χ0) is 22.4. The highest BCUT2D eigenvalue weighted by molar-refractivity contribution is 6.76. The number of pyridine rings is 1. The minimum atomic E-state index is -4.49. The van der Waals surface area contributed by atoms with Crippen molar-refractivity contribution in [2.75, 3.05) is 6.61 Å². The molecule has 5 nitrogen and oxygen atoms in total. The predicted octanol–water partition coefficient (Wildman–Crippen LogP) is 6.01. The molecular formula is C22H25F3N4OSi. The number of alkyl halides is 3. The number of hydrogen-bond acceptors (Lipinski definition) is 3. The third-order valence-electron chi connectivity index (χ3n) is 5.16. The lowest BCUT2D eigenvalue weighted by molar-refractivity contribution is -0.141. The molecule has 0 fully saturated rings. The normalized spacial score (nSPS) is 12.9. The molecule has 0 spiro atoms. The minimum absolute atomic E-state index is 0.274. The monoisotopic (exact) mass is 446 g/mol. The van der Waals surface area contributed by atoms with Crippen LogP contribution in [0.2, 0.25) is 25.7 Å². The van der Waals surface area contributed by atoms with E-state index in [0.29, 0.717) is 18.7 Å². The fourth-order valence-corrected chi connectivity index (χ4v) is 4.21. The second-order valence-corrected chi connectivity index (χ2v) is 14.6. The van der Waals surface area contributed by atoms with Crippen molar-refractivity contribution in [2.45, 2.75) is 45.5 Å². The second-order valence-electron chi connectivity index (χ2n) is 9.01. The van der Waals surface area contributed by atoms with E-state index in [1.54, 1.807) is 21.5 Å². The molecule has 4 rings (SSSR count). The van der Waals surface area contributed by atoms with Gasteiger partial charge in [-0.25, -0.2) is 9.67 Å². The lowest BCUT2D eigenvalue weighted by atomic mass is 10.1.